The van der Waals surface area contributed by atoms with Crippen molar-refractivity contribution in [3.63, 3.8) is 0 Å². The van der Waals surface area contributed by atoms with Gasteiger partial charge in [0.05, 0.1) is 23.0 Å². The minimum absolute atomic E-state index is 0.0114. The average Bonchev–Trinajstić information content (AvgIpc) is 3.40. The first-order valence-electron chi connectivity index (χ1n) is 10.9. The number of rotatable bonds is 5. The van der Waals surface area contributed by atoms with Crippen LogP contribution in [0.4, 0.5) is 5.69 Å². The highest BCUT2D eigenvalue weighted by Gasteiger charge is 2.31. The van der Waals surface area contributed by atoms with E-state index >= 15 is 0 Å². The second-order valence-corrected chi connectivity index (χ2v) is 9.09. The van der Waals surface area contributed by atoms with Gasteiger partial charge in [0, 0.05) is 44.3 Å². The van der Waals surface area contributed by atoms with Crippen molar-refractivity contribution in [3.8, 4) is 10.9 Å². The molecule has 0 aliphatic carbocycles. The lowest BCUT2D eigenvalue weighted by Crippen LogP contribution is -2.41. The maximum absolute atomic E-state index is 13.0. The summed E-state index contributed by atoms with van der Waals surface area (Å²) in [4.78, 5) is 44.6. The fourth-order valence-electron chi connectivity index (χ4n) is 4.21. The van der Waals surface area contributed by atoms with Gasteiger partial charge in [-0.15, -0.1) is 0 Å². The van der Waals surface area contributed by atoms with Crippen molar-refractivity contribution in [1.82, 2.24) is 9.88 Å². The number of benzene rings is 2. The monoisotopic (exact) mass is 465 g/mol. The molecule has 0 N–H and O–H groups in total. The molecule has 0 saturated carbocycles. The predicted octanol–water partition coefficient (Wildman–Crippen LogP) is 3.64. The lowest BCUT2D eigenvalue weighted by Gasteiger charge is -2.31. The van der Waals surface area contributed by atoms with E-state index in [9.17, 15) is 14.4 Å². The average molecular weight is 466 g/mol. The molecule has 2 fully saturated rings. The van der Waals surface area contributed by atoms with E-state index in [0.717, 1.165) is 16.0 Å². The molecule has 170 valence electrons. The molecule has 9 heteroatoms. The van der Waals surface area contributed by atoms with Crippen molar-refractivity contribution >= 4 is 45.0 Å². The summed E-state index contributed by atoms with van der Waals surface area (Å²) in [5.41, 5.74) is 1.80. The molecule has 5 rings (SSSR count). The first kappa shape index (κ1) is 21.4. The van der Waals surface area contributed by atoms with Crippen molar-refractivity contribution in [1.29, 1.82) is 0 Å². The fourth-order valence-corrected chi connectivity index (χ4v) is 5.12. The van der Waals surface area contributed by atoms with Crippen molar-refractivity contribution in [3.05, 3.63) is 48.0 Å². The highest BCUT2D eigenvalue weighted by molar-refractivity contribution is 7.20. The summed E-state index contributed by atoms with van der Waals surface area (Å²) in [7, 11) is 1.64. The topological polar surface area (TPSA) is 89.0 Å². The molecule has 0 radical (unpaired) electrons. The van der Waals surface area contributed by atoms with Gasteiger partial charge in [-0.05, 0) is 36.4 Å². The highest BCUT2D eigenvalue weighted by atomic mass is 32.1. The summed E-state index contributed by atoms with van der Waals surface area (Å²) in [6, 6.07) is 12.5. The Bertz CT molecular complexity index is 1220. The van der Waals surface area contributed by atoms with Gasteiger partial charge in [-0.3, -0.25) is 19.3 Å². The number of methoxy groups -OCH3 is 1. The van der Waals surface area contributed by atoms with E-state index in [0.29, 0.717) is 42.4 Å². The SMILES string of the molecule is COc1ccc2nc(OC3CCN(C(=O)c4cccc(N5C(=O)CCC5=O)c4)CC3)sc2c1. The van der Waals surface area contributed by atoms with E-state index in [1.165, 1.54) is 16.2 Å². The summed E-state index contributed by atoms with van der Waals surface area (Å²) in [5.74, 6) is 0.222. The van der Waals surface area contributed by atoms with Crippen molar-refractivity contribution in [2.45, 2.75) is 31.8 Å². The van der Waals surface area contributed by atoms with Gasteiger partial charge in [0.15, 0.2) is 0 Å². The van der Waals surface area contributed by atoms with Crippen LogP contribution in [0.2, 0.25) is 0 Å². The number of aromatic nitrogens is 1. The van der Waals surface area contributed by atoms with Gasteiger partial charge in [0.1, 0.15) is 11.9 Å². The Morgan fingerprint density at radius 3 is 2.55 bits per heavy atom. The highest BCUT2D eigenvalue weighted by Crippen LogP contribution is 2.32. The number of piperidine rings is 1. The molecular formula is C24H23N3O5S. The molecule has 3 amide bonds. The van der Waals surface area contributed by atoms with Crippen LogP contribution in [0.5, 0.6) is 10.9 Å². The first-order chi connectivity index (χ1) is 16.0. The lowest BCUT2D eigenvalue weighted by molar-refractivity contribution is -0.121. The third-order valence-electron chi connectivity index (χ3n) is 5.98. The van der Waals surface area contributed by atoms with Crippen LogP contribution in [-0.4, -0.2) is 53.9 Å². The number of nitrogens with zero attached hydrogens (tertiary/aromatic N) is 3. The van der Waals surface area contributed by atoms with E-state index < -0.39 is 0 Å². The Balaban J connectivity index is 1.21. The zero-order valence-electron chi connectivity index (χ0n) is 18.2. The van der Waals surface area contributed by atoms with E-state index in [-0.39, 0.29) is 36.7 Å². The van der Waals surface area contributed by atoms with Crippen LogP contribution in [0, 0.1) is 0 Å². The summed E-state index contributed by atoms with van der Waals surface area (Å²) >= 11 is 1.48. The van der Waals surface area contributed by atoms with Crippen molar-refractivity contribution in [2.24, 2.45) is 0 Å². The minimum Gasteiger partial charge on any atom is -0.497 e. The third-order valence-corrected chi connectivity index (χ3v) is 6.88. The summed E-state index contributed by atoms with van der Waals surface area (Å²) < 4.78 is 12.4. The van der Waals surface area contributed by atoms with Gasteiger partial charge >= 0.3 is 0 Å². The maximum atomic E-state index is 13.0. The molecule has 1 aromatic heterocycles. The van der Waals surface area contributed by atoms with E-state index in [1.807, 2.05) is 18.2 Å². The number of carbonyl (C=O) groups is 3. The molecule has 33 heavy (non-hydrogen) atoms. The molecule has 0 unspecified atom stereocenters. The predicted molar refractivity (Wildman–Crippen MR) is 124 cm³/mol. The van der Waals surface area contributed by atoms with Crippen LogP contribution >= 0.6 is 11.3 Å². The molecular weight excluding hydrogens is 442 g/mol. The van der Waals surface area contributed by atoms with Crippen molar-refractivity contribution < 1.29 is 23.9 Å². The number of hydrogen-bond donors (Lipinski definition) is 0. The number of fused-ring (bicyclic) bond motifs is 1. The Labute approximate surface area is 194 Å². The molecule has 8 nitrogen and oxygen atoms in total. The van der Waals surface area contributed by atoms with Gasteiger partial charge in [-0.25, -0.2) is 4.98 Å². The number of ether oxygens (including phenoxy) is 2. The third kappa shape index (κ3) is 4.28. The van der Waals surface area contributed by atoms with E-state index in [1.54, 1.807) is 36.3 Å². The maximum Gasteiger partial charge on any atom is 0.274 e. The smallest absolute Gasteiger partial charge is 0.274 e. The summed E-state index contributed by atoms with van der Waals surface area (Å²) in [5, 5.41) is 0.621. The number of likely N-dealkylation sites (tertiary alicyclic amines) is 1. The lowest BCUT2D eigenvalue weighted by atomic mass is 10.1. The van der Waals surface area contributed by atoms with Crippen LogP contribution < -0.4 is 14.4 Å². The number of hydrogen-bond acceptors (Lipinski definition) is 7. The zero-order chi connectivity index (χ0) is 22.9. The standard InChI is InChI=1S/C24H23N3O5S/c1-31-18-5-6-19-20(14-18)33-24(25-19)32-17-9-11-26(12-10-17)23(30)15-3-2-4-16(13-15)27-21(28)7-8-22(27)29/h2-6,13-14,17H,7-12H2,1H3. The quantitative estimate of drug-likeness (QED) is 0.535. The molecule has 2 aliphatic heterocycles. The van der Waals surface area contributed by atoms with Crippen LogP contribution in [0.3, 0.4) is 0 Å². The second-order valence-electron chi connectivity index (χ2n) is 8.10. The van der Waals surface area contributed by atoms with Gasteiger partial charge in [0.2, 0.25) is 11.8 Å². The Morgan fingerprint density at radius 1 is 1.06 bits per heavy atom. The van der Waals surface area contributed by atoms with Crippen LogP contribution in [-0.2, 0) is 9.59 Å². The van der Waals surface area contributed by atoms with Gasteiger partial charge in [0.25, 0.3) is 11.1 Å². The molecule has 2 saturated heterocycles. The Kier molecular flexibility index (Phi) is 5.72. The largest absolute Gasteiger partial charge is 0.497 e. The molecule has 2 aliphatic rings. The molecule has 2 aromatic carbocycles. The summed E-state index contributed by atoms with van der Waals surface area (Å²) in [6.07, 6.45) is 1.82. The fraction of sp³-hybridized carbons (Fsp3) is 0.333. The van der Waals surface area contributed by atoms with E-state index in [4.69, 9.17) is 9.47 Å². The molecule has 0 spiro atoms. The Morgan fingerprint density at radius 2 is 1.82 bits per heavy atom. The van der Waals surface area contributed by atoms with Crippen molar-refractivity contribution in [2.75, 3.05) is 25.1 Å². The molecule has 0 atom stereocenters. The van der Waals surface area contributed by atoms with Crippen LogP contribution in [0.25, 0.3) is 10.2 Å². The first-order valence-corrected chi connectivity index (χ1v) is 11.7. The van der Waals surface area contributed by atoms with Crippen LogP contribution in [0.1, 0.15) is 36.0 Å². The number of imide groups is 1. The normalized spacial score (nSPS) is 17.1. The molecule has 3 heterocycles. The second kappa shape index (κ2) is 8.82. The van der Waals surface area contributed by atoms with Gasteiger partial charge < -0.3 is 14.4 Å². The summed E-state index contributed by atoms with van der Waals surface area (Å²) in [6.45, 7) is 1.13. The minimum atomic E-state index is -0.226. The van der Waals surface area contributed by atoms with Crippen LogP contribution in [0.15, 0.2) is 42.5 Å². The van der Waals surface area contributed by atoms with Gasteiger partial charge in [-0.1, -0.05) is 17.4 Å². The zero-order valence-corrected chi connectivity index (χ0v) is 19.0. The molecule has 3 aromatic rings. The van der Waals surface area contributed by atoms with Gasteiger partial charge in [-0.2, -0.15) is 0 Å². The number of carbonyl (C=O) groups excluding carboxylic acids is 3. The number of anilines is 1. The number of thiazole rings is 1. The van der Waals surface area contributed by atoms with E-state index in [2.05, 4.69) is 4.98 Å². The Hall–Kier alpha value is -3.46. The number of amides is 3. The molecule has 0 bridgehead atoms.